The largest absolute Gasteiger partial charge is 0.337 e. The summed E-state index contributed by atoms with van der Waals surface area (Å²) in [6.45, 7) is 9.70. The van der Waals surface area contributed by atoms with E-state index in [-0.39, 0.29) is 11.8 Å². The summed E-state index contributed by atoms with van der Waals surface area (Å²) in [7, 11) is 0. The smallest absolute Gasteiger partial charge is 0.235 e. The van der Waals surface area contributed by atoms with Crippen molar-refractivity contribution in [1.82, 2.24) is 10.2 Å². The van der Waals surface area contributed by atoms with Gasteiger partial charge in [-0.1, -0.05) is 13.8 Å². The van der Waals surface area contributed by atoms with Crippen LogP contribution < -0.4 is 11.1 Å². The van der Waals surface area contributed by atoms with Crippen molar-refractivity contribution < 1.29 is 4.79 Å². The van der Waals surface area contributed by atoms with E-state index in [1.165, 1.54) is 0 Å². The van der Waals surface area contributed by atoms with E-state index in [0.29, 0.717) is 25.0 Å². The van der Waals surface area contributed by atoms with Crippen LogP contribution in [0, 0.1) is 23.2 Å². The first-order chi connectivity index (χ1) is 9.32. The van der Waals surface area contributed by atoms with Crippen LogP contribution in [0.15, 0.2) is 0 Å². The molecule has 0 spiro atoms. The van der Waals surface area contributed by atoms with Gasteiger partial charge in [0.05, 0.1) is 12.6 Å². The van der Waals surface area contributed by atoms with Crippen LogP contribution >= 0.6 is 0 Å². The first kappa shape index (κ1) is 16.9. The number of nitrogens with zero attached hydrogens (tertiary/aromatic N) is 2. The summed E-state index contributed by atoms with van der Waals surface area (Å²) in [6, 6.07) is 2.61. The van der Waals surface area contributed by atoms with Crippen molar-refractivity contribution in [2.75, 3.05) is 19.6 Å². The zero-order valence-corrected chi connectivity index (χ0v) is 13.1. The van der Waals surface area contributed by atoms with Crippen molar-refractivity contribution in [2.24, 2.45) is 17.6 Å². The normalized spacial score (nSPS) is 26.9. The number of hydrogen-bond acceptors (Lipinski definition) is 4. The SMILES string of the molecule is CC1CCC(CN)CN1CC(=O)NC(C)(C#N)C(C)C. The molecule has 0 radical (unpaired) electrons. The van der Waals surface area contributed by atoms with Crippen LogP contribution in [0.25, 0.3) is 0 Å². The van der Waals surface area contributed by atoms with Gasteiger partial charge in [0.1, 0.15) is 5.54 Å². The van der Waals surface area contributed by atoms with Crippen LogP contribution in [-0.2, 0) is 4.79 Å². The molecule has 0 aromatic heterocycles. The molecular weight excluding hydrogens is 252 g/mol. The van der Waals surface area contributed by atoms with Crippen molar-refractivity contribution in [2.45, 2.75) is 52.1 Å². The quantitative estimate of drug-likeness (QED) is 0.790. The first-order valence-corrected chi connectivity index (χ1v) is 7.48. The number of amides is 1. The monoisotopic (exact) mass is 280 g/mol. The molecule has 1 aliphatic heterocycles. The van der Waals surface area contributed by atoms with Crippen LogP contribution in [0.3, 0.4) is 0 Å². The van der Waals surface area contributed by atoms with E-state index in [1.807, 2.05) is 13.8 Å². The highest BCUT2D eigenvalue weighted by molar-refractivity contribution is 5.79. The van der Waals surface area contributed by atoms with Gasteiger partial charge in [0.25, 0.3) is 0 Å². The minimum atomic E-state index is -0.802. The Hall–Kier alpha value is -1.12. The number of piperidine rings is 1. The van der Waals surface area contributed by atoms with Crippen LogP contribution in [0.1, 0.15) is 40.5 Å². The second-order valence-corrected chi connectivity index (χ2v) is 6.47. The first-order valence-electron chi connectivity index (χ1n) is 7.48. The highest BCUT2D eigenvalue weighted by atomic mass is 16.2. The number of hydrogen-bond donors (Lipinski definition) is 2. The van der Waals surface area contributed by atoms with Gasteiger partial charge in [-0.25, -0.2) is 0 Å². The predicted octanol–water partition coefficient (Wildman–Crippen LogP) is 1.10. The highest BCUT2D eigenvalue weighted by Gasteiger charge is 2.32. The van der Waals surface area contributed by atoms with Crippen molar-refractivity contribution in [3.8, 4) is 6.07 Å². The lowest BCUT2D eigenvalue weighted by Gasteiger charge is -2.38. The minimum absolute atomic E-state index is 0.0759. The topological polar surface area (TPSA) is 82.2 Å². The molecular formula is C15H28N4O. The van der Waals surface area contributed by atoms with Gasteiger partial charge in [-0.15, -0.1) is 0 Å². The Bertz CT molecular complexity index is 377. The molecule has 3 N–H and O–H groups in total. The van der Waals surface area contributed by atoms with Gasteiger partial charge in [0, 0.05) is 12.6 Å². The lowest BCUT2D eigenvalue weighted by atomic mass is 9.90. The molecule has 1 amide bonds. The third-order valence-electron chi connectivity index (χ3n) is 4.57. The number of likely N-dealkylation sites (tertiary alicyclic amines) is 1. The van der Waals surface area contributed by atoms with Gasteiger partial charge >= 0.3 is 0 Å². The number of carbonyl (C=O) groups excluding carboxylic acids is 1. The molecule has 0 aliphatic carbocycles. The molecule has 0 aromatic rings. The maximum atomic E-state index is 12.2. The Labute approximate surface area is 122 Å². The van der Waals surface area contributed by atoms with E-state index in [2.05, 4.69) is 23.2 Å². The Morgan fingerprint density at radius 3 is 2.70 bits per heavy atom. The molecule has 1 heterocycles. The van der Waals surface area contributed by atoms with Crippen LogP contribution in [0.4, 0.5) is 0 Å². The Morgan fingerprint density at radius 2 is 2.20 bits per heavy atom. The molecule has 5 heteroatoms. The van der Waals surface area contributed by atoms with Crippen molar-refractivity contribution >= 4 is 5.91 Å². The van der Waals surface area contributed by atoms with E-state index in [0.717, 1.165) is 19.4 Å². The number of rotatable bonds is 5. The van der Waals surface area contributed by atoms with E-state index >= 15 is 0 Å². The summed E-state index contributed by atoms with van der Waals surface area (Å²) in [5, 5.41) is 12.1. The fourth-order valence-electron chi connectivity index (χ4n) is 2.49. The molecule has 1 rings (SSSR count). The highest BCUT2D eigenvalue weighted by Crippen LogP contribution is 2.21. The number of nitrogens with two attached hydrogens (primary N) is 1. The third-order valence-corrected chi connectivity index (χ3v) is 4.57. The average Bonchev–Trinajstić information content (AvgIpc) is 2.40. The standard InChI is InChI=1S/C15H28N4O/c1-11(2)15(4,10-17)18-14(20)9-19-8-13(7-16)6-5-12(19)3/h11-13H,5-9,16H2,1-4H3,(H,18,20). The van der Waals surface area contributed by atoms with Gasteiger partial charge in [-0.2, -0.15) is 5.26 Å². The molecule has 1 fully saturated rings. The van der Waals surface area contributed by atoms with E-state index < -0.39 is 5.54 Å². The summed E-state index contributed by atoms with van der Waals surface area (Å²) < 4.78 is 0. The fourth-order valence-corrected chi connectivity index (χ4v) is 2.49. The maximum Gasteiger partial charge on any atom is 0.235 e. The number of nitriles is 1. The molecule has 1 aliphatic rings. The van der Waals surface area contributed by atoms with E-state index in [4.69, 9.17) is 5.73 Å². The molecule has 3 atom stereocenters. The molecule has 0 aromatic carbocycles. The second-order valence-electron chi connectivity index (χ2n) is 6.47. The molecule has 5 nitrogen and oxygen atoms in total. The molecule has 3 unspecified atom stereocenters. The summed E-state index contributed by atoms with van der Waals surface area (Å²) in [6.07, 6.45) is 2.21. The maximum absolute atomic E-state index is 12.2. The summed E-state index contributed by atoms with van der Waals surface area (Å²) in [5.74, 6) is 0.478. The Balaban J connectivity index is 2.59. The van der Waals surface area contributed by atoms with Gasteiger partial charge in [-0.3, -0.25) is 9.69 Å². The summed E-state index contributed by atoms with van der Waals surface area (Å²) >= 11 is 0. The predicted molar refractivity (Wildman–Crippen MR) is 79.8 cm³/mol. The van der Waals surface area contributed by atoms with Crippen molar-refractivity contribution in [3.05, 3.63) is 0 Å². The average molecular weight is 280 g/mol. The lowest BCUT2D eigenvalue weighted by molar-refractivity contribution is -0.125. The van der Waals surface area contributed by atoms with Gasteiger partial charge in [0.2, 0.25) is 5.91 Å². The van der Waals surface area contributed by atoms with Gasteiger partial charge < -0.3 is 11.1 Å². The second kappa shape index (κ2) is 7.05. The lowest BCUT2D eigenvalue weighted by Crippen LogP contribution is -2.54. The minimum Gasteiger partial charge on any atom is -0.337 e. The molecule has 0 bridgehead atoms. The molecule has 20 heavy (non-hydrogen) atoms. The number of carbonyl (C=O) groups is 1. The number of nitrogens with one attached hydrogen (secondary N) is 1. The zero-order chi connectivity index (χ0) is 15.3. The van der Waals surface area contributed by atoms with Crippen molar-refractivity contribution in [1.29, 1.82) is 5.26 Å². The summed E-state index contributed by atoms with van der Waals surface area (Å²) in [4.78, 5) is 14.4. The molecule has 114 valence electrons. The van der Waals surface area contributed by atoms with E-state index in [1.54, 1.807) is 6.92 Å². The van der Waals surface area contributed by atoms with Crippen LogP contribution in [0.2, 0.25) is 0 Å². The van der Waals surface area contributed by atoms with Crippen LogP contribution in [-0.4, -0.2) is 42.0 Å². The fraction of sp³-hybridized carbons (Fsp3) is 0.867. The van der Waals surface area contributed by atoms with Crippen LogP contribution in [0.5, 0.6) is 0 Å². The Kier molecular flexibility index (Phi) is 5.97. The van der Waals surface area contributed by atoms with Gasteiger partial charge in [0.15, 0.2) is 0 Å². The Morgan fingerprint density at radius 1 is 1.55 bits per heavy atom. The van der Waals surface area contributed by atoms with Gasteiger partial charge in [-0.05, 0) is 45.1 Å². The molecule has 0 saturated carbocycles. The van der Waals surface area contributed by atoms with E-state index in [9.17, 15) is 10.1 Å². The third kappa shape index (κ3) is 4.19. The molecule has 1 saturated heterocycles. The van der Waals surface area contributed by atoms with Crippen molar-refractivity contribution in [3.63, 3.8) is 0 Å². The zero-order valence-electron chi connectivity index (χ0n) is 13.1. The summed E-state index contributed by atoms with van der Waals surface area (Å²) in [5.41, 5.74) is 4.93.